The van der Waals surface area contributed by atoms with Crippen LogP contribution in [0, 0.1) is 0 Å². The zero-order chi connectivity index (χ0) is 11.8. The summed E-state index contributed by atoms with van der Waals surface area (Å²) in [5, 5.41) is 6.94. The van der Waals surface area contributed by atoms with Crippen molar-refractivity contribution in [3.63, 3.8) is 0 Å². The molecule has 0 saturated carbocycles. The van der Waals surface area contributed by atoms with Gasteiger partial charge in [-0.05, 0) is 41.9 Å². The van der Waals surface area contributed by atoms with Gasteiger partial charge in [-0.3, -0.25) is 4.68 Å². The van der Waals surface area contributed by atoms with E-state index in [0.29, 0.717) is 12.8 Å². The second-order valence-electron chi connectivity index (χ2n) is 3.76. The first-order valence-electron chi connectivity index (χ1n) is 5.01. The maximum absolute atomic E-state index is 12.8. The fourth-order valence-corrected chi connectivity index (χ4v) is 2.43. The van der Waals surface area contributed by atoms with Gasteiger partial charge in [0.05, 0.1) is 16.7 Å². The molecule has 2 rings (SSSR count). The maximum atomic E-state index is 12.8. The van der Waals surface area contributed by atoms with E-state index in [1.165, 1.54) is 6.20 Å². The Bertz CT molecular complexity index is 369. The molecule has 0 atom stereocenters. The quantitative estimate of drug-likeness (QED) is 0.863. The van der Waals surface area contributed by atoms with Crippen LogP contribution in [0.25, 0.3) is 0 Å². The predicted molar refractivity (Wildman–Crippen MR) is 56.1 cm³/mol. The lowest BCUT2D eigenvalue weighted by Gasteiger charge is -2.25. The van der Waals surface area contributed by atoms with Gasteiger partial charge in [-0.1, -0.05) is 0 Å². The molecule has 3 nitrogen and oxygen atoms in total. The van der Waals surface area contributed by atoms with Gasteiger partial charge >= 0.3 is 6.18 Å². The number of nitrogens with zero attached hydrogens (tertiary/aromatic N) is 2. The van der Waals surface area contributed by atoms with Gasteiger partial charge in [-0.2, -0.15) is 18.3 Å². The first-order valence-corrected chi connectivity index (χ1v) is 5.80. The van der Waals surface area contributed by atoms with E-state index >= 15 is 0 Å². The third kappa shape index (κ3) is 2.24. The first-order chi connectivity index (χ1) is 7.50. The minimum atomic E-state index is -4.36. The lowest BCUT2D eigenvalue weighted by Crippen LogP contribution is -2.31. The van der Waals surface area contributed by atoms with Gasteiger partial charge in [-0.25, -0.2) is 0 Å². The van der Waals surface area contributed by atoms with Gasteiger partial charge in [0, 0.05) is 0 Å². The van der Waals surface area contributed by atoms with Gasteiger partial charge in [-0.15, -0.1) is 0 Å². The van der Waals surface area contributed by atoms with Gasteiger partial charge in [0.15, 0.2) is 5.69 Å². The van der Waals surface area contributed by atoms with Crippen molar-refractivity contribution in [2.75, 3.05) is 13.1 Å². The van der Waals surface area contributed by atoms with Gasteiger partial charge in [0.1, 0.15) is 0 Å². The smallest absolute Gasteiger partial charge is 0.317 e. The van der Waals surface area contributed by atoms with Crippen molar-refractivity contribution in [3.05, 3.63) is 16.4 Å². The van der Waals surface area contributed by atoms with Crippen LogP contribution in [0.2, 0.25) is 0 Å². The Balaban J connectivity index is 2.33. The summed E-state index contributed by atoms with van der Waals surface area (Å²) in [7, 11) is 0. The van der Waals surface area contributed by atoms with Crippen molar-refractivity contribution in [1.29, 1.82) is 0 Å². The average molecular weight is 298 g/mol. The Kier molecular flexibility index (Phi) is 3.25. The van der Waals surface area contributed by atoms with Gasteiger partial charge in [0.2, 0.25) is 0 Å². The average Bonchev–Trinajstić information content (AvgIpc) is 2.61. The van der Waals surface area contributed by atoms with E-state index in [0.717, 1.165) is 17.8 Å². The fraction of sp³-hybridized carbons (Fsp3) is 0.667. The molecule has 1 aliphatic rings. The van der Waals surface area contributed by atoms with Crippen molar-refractivity contribution < 1.29 is 13.2 Å². The minimum Gasteiger partial charge on any atom is -0.317 e. The molecule has 0 aromatic carbocycles. The lowest BCUT2D eigenvalue weighted by atomic mass is 10.1. The largest absolute Gasteiger partial charge is 0.434 e. The molecule has 7 heteroatoms. The molecular formula is C9H11BrF3N3. The molecule has 1 aromatic heterocycles. The number of halogens is 4. The Morgan fingerprint density at radius 3 is 2.56 bits per heavy atom. The Morgan fingerprint density at radius 1 is 1.38 bits per heavy atom. The van der Waals surface area contributed by atoms with Crippen molar-refractivity contribution in [2.45, 2.75) is 25.1 Å². The zero-order valence-corrected chi connectivity index (χ0v) is 9.98. The normalized spacial score (nSPS) is 19.0. The molecule has 90 valence electrons. The highest BCUT2D eigenvalue weighted by Crippen LogP contribution is 2.37. The van der Waals surface area contributed by atoms with E-state index in [2.05, 4.69) is 26.3 Å². The van der Waals surface area contributed by atoms with Crippen molar-refractivity contribution in [1.82, 2.24) is 15.1 Å². The van der Waals surface area contributed by atoms with E-state index in [4.69, 9.17) is 0 Å². The Morgan fingerprint density at radius 2 is 2.00 bits per heavy atom. The standard InChI is InChI=1S/C9H11BrF3N3/c10-7-5-15-16(8(7)9(11,12)13)6-1-3-14-4-2-6/h5-6,14H,1-4H2. The zero-order valence-electron chi connectivity index (χ0n) is 8.39. The summed E-state index contributed by atoms with van der Waals surface area (Å²) in [6.07, 6.45) is -1.79. The summed E-state index contributed by atoms with van der Waals surface area (Å²) in [5.41, 5.74) is -0.681. The molecular weight excluding hydrogens is 287 g/mol. The summed E-state index contributed by atoms with van der Waals surface area (Å²) in [4.78, 5) is 0. The number of hydrogen-bond donors (Lipinski definition) is 1. The van der Waals surface area contributed by atoms with Gasteiger partial charge in [0.25, 0.3) is 0 Å². The van der Waals surface area contributed by atoms with Crippen LogP contribution in [-0.4, -0.2) is 22.9 Å². The van der Waals surface area contributed by atoms with Crippen LogP contribution >= 0.6 is 15.9 Å². The third-order valence-electron chi connectivity index (χ3n) is 2.67. The second kappa shape index (κ2) is 4.37. The van der Waals surface area contributed by atoms with Crippen LogP contribution < -0.4 is 5.32 Å². The van der Waals surface area contributed by atoms with Crippen molar-refractivity contribution >= 4 is 15.9 Å². The summed E-state index contributed by atoms with van der Waals surface area (Å²) < 4.78 is 39.5. The number of nitrogens with one attached hydrogen (secondary N) is 1. The van der Waals surface area contributed by atoms with E-state index in [1.807, 2.05) is 0 Å². The summed E-state index contributed by atoms with van der Waals surface area (Å²) >= 11 is 2.90. The van der Waals surface area contributed by atoms with Crippen LogP contribution in [0.1, 0.15) is 24.6 Å². The topological polar surface area (TPSA) is 29.9 Å². The first kappa shape index (κ1) is 11.9. The second-order valence-corrected chi connectivity index (χ2v) is 4.62. The molecule has 1 aliphatic heterocycles. The molecule has 0 unspecified atom stereocenters. The van der Waals surface area contributed by atoms with Crippen LogP contribution in [0.5, 0.6) is 0 Å². The molecule has 1 aromatic rings. The minimum absolute atomic E-state index is 0.0125. The fourth-order valence-electron chi connectivity index (χ4n) is 1.93. The van der Waals surface area contributed by atoms with E-state index in [1.54, 1.807) is 0 Å². The molecule has 0 radical (unpaired) electrons. The highest BCUT2D eigenvalue weighted by molar-refractivity contribution is 9.10. The van der Waals surface area contributed by atoms with Crippen LogP contribution in [0.15, 0.2) is 10.7 Å². The SMILES string of the molecule is FC(F)(F)c1c(Br)cnn1C1CCNCC1. The molecule has 0 aliphatic carbocycles. The van der Waals surface area contributed by atoms with E-state index in [-0.39, 0.29) is 10.5 Å². The van der Waals surface area contributed by atoms with E-state index in [9.17, 15) is 13.2 Å². The summed E-state index contributed by atoms with van der Waals surface area (Å²) in [6.45, 7) is 1.47. The summed E-state index contributed by atoms with van der Waals surface area (Å²) in [6, 6.07) is -0.163. The highest BCUT2D eigenvalue weighted by Gasteiger charge is 2.39. The Hall–Kier alpha value is -0.560. The summed E-state index contributed by atoms with van der Waals surface area (Å²) in [5.74, 6) is 0. The predicted octanol–water partition coefficient (Wildman–Crippen LogP) is 2.59. The molecule has 1 saturated heterocycles. The van der Waals surface area contributed by atoms with E-state index < -0.39 is 11.9 Å². The Labute approximate surface area is 99.1 Å². The number of hydrogen-bond acceptors (Lipinski definition) is 2. The van der Waals surface area contributed by atoms with Crippen molar-refractivity contribution in [3.8, 4) is 0 Å². The highest BCUT2D eigenvalue weighted by atomic mass is 79.9. The molecule has 0 spiro atoms. The number of alkyl halides is 3. The molecule has 1 N–H and O–H groups in total. The van der Waals surface area contributed by atoms with Crippen LogP contribution in [0.3, 0.4) is 0 Å². The van der Waals surface area contributed by atoms with Crippen LogP contribution in [0.4, 0.5) is 13.2 Å². The molecule has 0 amide bonds. The lowest BCUT2D eigenvalue weighted by molar-refractivity contribution is -0.145. The molecule has 2 heterocycles. The molecule has 0 bridgehead atoms. The number of piperidine rings is 1. The molecule has 1 fully saturated rings. The monoisotopic (exact) mass is 297 g/mol. The third-order valence-corrected chi connectivity index (χ3v) is 3.25. The number of rotatable bonds is 1. The number of aromatic nitrogens is 2. The molecule has 16 heavy (non-hydrogen) atoms. The maximum Gasteiger partial charge on any atom is 0.434 e. The van der Waals surface area contributed by atoms with Crippen molar-refractivity contribution in [2.24, 2.45) is 0 Å². The van der Waals surface area contributed by atoms with Crippen LogP contribution in [-0.2, 0) is 6.18 Å². The van der Waals surface area contributed by atoms with Gasteiger partial charge < -0.3 is 5.32 Å².